The second-order valence-corrected chi connectivity index (χ2v) is 3.53. The van der Waals surface area contributed by atoms with Crippen molar-refractivity contribution in [2.75, 3.05) is 0 Å². The van der Waals surface area contributed by atoms with Crippen LogP contribution in [0.5, 0.6) is 0 Å². The van der Waals surface area contributed by atoms with E-state index < -0.39 is 0 Å². The van der Waals surface area contributed by atoms with E-state index in [0.29, 0.717) is 0 Å². The summed E-state index contributed by atoms with van der Waals surface area (Å²) >= 11 is 0. The largest absolute Gasteiger partial charge is 0.364 e. The minimum absolute atomic E-state index is 0.178. The number of hydrogen-bond donors (Lipinski definition) is 1. The lowest BCUT2D eigenvalue weighted by atomic mass is 10.1. The third kappa shape index (κ3) is 2.45. The number of amides is 1. The Morgan fingerprint density at radius 3 is 2.69 bits per heavy atom. The lowest BCUT2D eigenvalue weighted by Gasteiger charge is -1.99. The van der Waals surface area contributed by atoms with Gasteiger partial charge in [0, 0.05) is 5.56 Å². The first-order chi connectivity index (χ1) is 7.75. The molecule has 0 saturated heterocycles. The van der Waals surface area contributed by atoms with Crippen molar-refractivity contribution in [3.05, 3.63) is 54.9 Å². The van der Waals surface area contributed by atoms with Gasteiger partial charge in [-0.05, 0) is 11.6 Å². The first-order valence-electron chi connectivity index (χ1n) is 4.99. The molecule has 0 aliphatic carbocycles. The number of pyridine rings is 1. The number of aromatic nitrogens is 1. The number of carbonyl (C=O) groups is 1. The minimum Gasteiger partial charge on any atom is -0.364 e. The lowest BCUT2D eigenvalue weighted by molar-refractivity contribution is -0.684. The van der Waals surface area contributed by atoms with Gasteiger partial charge < -0.3 is 5.73 Å². The fourth-order valence-electron chi connectivity index (χ4n) is 1.54. The predicted octanol–water partition coefficient (Wildman–Crippen LogP) is 0.927. The van der Waals surface area contributed by atoms with Crippen LogP contribution in [0, 0.1) is 6.07 Å². The van der Waals surface area contributed by atoms with E-state index in [2.05, 4.69) is 6.07 Å². The Bertz CT molecular complexity index is 494. The van der Waals surface area contributed by atoms with Crippen molar-refractivity contribution in [1.29, 1.82) is 0 Å². The number of benzene rings is 1. The SMILES string of the molecule is NC(=O)C[n+]1c[c]cc(-c2ccccc2)c1. The summed E-state index contributed by atoms with van der Waals surface area (Å²) in [6.07, 6.45) is 3.59. The zero-order valence-corrected chi connectivity index (χ0v) is 8.76. The molecule has 0 spiro atoms. The molecular formula is C13H12N2O+. The summed E-state index contributed by atoms with van der Waals surface area (Å²) in [6, 6.07) is 14.8. The second-order valence-electron chi connectivity index (χ2n) is 3.53. The molecule has 1 aromatic heterocycles. The first-order valence-corrected chi connectivity index (χ1v) is 4.99. The van der Waals surface area contributed by atoms with E-state index in [4.69, 9.17) is 5.73 Å². The van der Waals surface area contributed by atoms with E-state index in [1.165, 1.54) is 0 Å². The van der Waals surface area contributed by atoms with Gasteiger partial charge in [-0.1, -0.05) is 30.3 Å². The molecule has 0 bridgehead atoms. The van der Waals surface area contributed by atoms with Gasteiger partial charge in [-0.15, -0.1) is 0 Å². The number of hydrogen-bond acceptors (Lipinski definition) is 1. The molecule has 1 heterocycles. The third-order valence-electron chi connectivity index (χ3n) is 2.23. The molecule has 2 rings (SSSR count). The highest BCUT2D eigenvalue weighted by molar-refractivity contribution is 5.72. The molecule has 1 amide bonds. The molecule has 16 heavy (non-hydrogen) atoms. The number of nitrogens with two attached hydrogens (primary N) is 1. The maximum Gasteiger partial charge on any atom is 0.283 e. The van der Waals surface area contributed by atoms with Crippen LogP contribution in [0.3, 0.4) is 0 Å². The summed E-state index contributed by atoms with van der Waals surface area (Å²) in [6.45, 7) is 0.178. The summed E-state index contributed by atoms with van der Waals surface area (Å²) < 4.78 is 1.73. The summed E-state index contributed by atoms with van der Waals surface area (Å²) in [5, 5.41) is 0. The Morgan fingerprint density at radius 2 is 2.00 bits per heavy atom. The van der Waals surface area contributed by atoms with E-state index in [0.717, 1.165) is 11.1 Å². The molecule has 79 valence electrons. The van der Waals surface area contributed by atoms with Gasteiger partial charge in [0.1, 0.15) is 0 Å². The molecule has 0 fully saturated rings. The van der Waals surface area contributed by atoms with Crippen LogP contribution in [-0.2, 0) is 11.3 Å². The Balaban J connectivity index is 2.33. The quantitative estimate of drug-likeness (QED) is 0.756. The van der Waals surface area contributed by atoms with Gasteiger partial charge in [-0.25, -0.2) is 0 Å². The molecule has 0 aliphatic heterocycles. The van der Waals surface area contributed by atoms with Gasteiger partial charge in [0.05, 0.1) is 6.07 Å². The number of primary amides is 1. The number of carbonyl (C=O) groups excluding carboxylic acids is 1. The van der Waals surface area contributed by atoms with Crippen LogP contribution in [-0.4, -0.2) is 5.91 Å². The lowest BCUT2D eigenvalue weighted by Crippen LogP contribution is -2.40. The monoisotopic (exact) mass is 212 g/mol. The summed E-state index contributed by atoms with van der Waals surface area (Å²) in [7, 11) is 0. The Morgan fingerprint density at radius 1 is 1.25 bits per heavy atom. The van der Waals surface area contributed by atoms with Gasteiger partial charge in [-0.3, -0.25) is 4.79 Å². The van der Waals surface area contributed by atoms with Crippen LogP contribution in [0.1, 0.15) is 0 Å². The van der Waals surface area contributed by atoms with Crippen LogP contribution in [0.4, 0.5) is 0 Å². The second kappa shape index (κ2) is 4.57. The average Bonchev–Trinajstić information content (AvgIpc) is 2.30. The topological polar surface area (TPSA) is 47.0 Å². The van der Waals surface area contributed by atoms with Gasteiger partial charge in [-0.2, -0.15) is 4.57 Å². The fourth-order valence-corrected chi connectivity index (χ4v) is 1.54. The third-order valence-corrected chi connectivity index (χ3v) is 2.23. The Kier molecular flexibility index (Phi) is 2.96. The van der Waals surface area contributed by atoms with E-state index in [9.17, 15) is 4.79 Å². The zero-order valence-electron chi connectivity index (χ0n) is 8.76. The molecular weight excluding hydrogens is 200 g/mol. The smallest absolute Gasteiger partial charge is 0.283 e. The van der Waals surface area contributed by atoms with Crippen LogP contribution < -0.4 is 10.3 Å². The molecule has 0 atom stereocenters. The first kappa shape index (κ1) is 10.4. The summed E-state index contributed by atoms with van der Waals surface area (Å²) in [4.78, 5) is 10.8. The van der Waals surface area contributed by atoms with Crippen molar-refractivity contribution >= 4 is 5.91 Å². The van der Waals surface area contributed by atoms with E-state index in [1.54, 1.807) is 10.8 Å². The van der Waals surface area contributed by atoms with Gasteiger partial charge in [0.15, 0.2) is 12.4 Å². The summed E-state index contributed by atoms with van der Waals surface area (Å²) in [5.41, 5.74) is 7.25. The van der Waals surface area contributed by atoms with Gasteiger partial charge in [0.2, 0.25) is 6.54 Å². The molecule has 0 aliphatic rings. The highest BCUT2D eigenvalue weighted by Gasteiger charge is 2.07. The fraction of sp³-hybridized carbons (Fsp3) is 0.0769. The number of rotatable bonds is 3. The van der Waals surface area contributed by atoms with E-state index in [1.807, 2.05) is 42.6 Å². The van der Waals surface area contributed by atoms with E-state index >= 15 is 0 Å². The molecule has 1 aromatic carbocycles. The Hall–Kier alpha value is -2.16. The van der Waals surface area contributed by atoms with Crippen molar-refractivity contribution in [3.63, 3.8) is 0 Å². The van der Waals surface area contributed by atoms with Crippen LogP contribution >= 0.6 is 0 Å². The maximum absolute atomic E-state index is 10.8. The molecule has 2 N–H and O–H groups in total. The molecule has 3 nitrogen and oxygen atoms in total. The van der Waals surface area contributed by atoms with Crippen molar-refractivity contribution in [2.45, 2.75) is 6.54 Å². The normalized spacial score (nSPS) is 10.0. The highest BCUT2D eigenvalue weighted by Crippen LogP contribution is 2.15. The zero-order chi connectivity index (χ0) is 11.4. The molecule has 2 aromatic rings. The molecule has 0 unspecified atom stereocenters. The average molecular weight is 212 g/mol. The van der Waals surface area contributed by atoms with Gasteiger partial charge >= 0.3 is 0 Å². The van der Waals surface area contributed by atoms with E-state index in [-0.39, 0.29) is 12.5 Å². The minimum atomic E-state index is -0.358. The van der Waals surface area contributed by atoms with Crippen molar-refractivity contribution in [3.8, 4) is 11.1 Å². The van der Waals surface area contributed by atoms with Crippen LogP contribution in [0.25, 0.3) is 11.1 Å². The maximum atomic E-state index is 10.8. The van der Waals surface area contributed by atoms with Gasteiger partial charge in [0.25, 0.3) is 5.91 Å². The number of nitrogens with zero attached hydrogens (tertiary/aromatic N) is 1. The molecule has 3 heteroatoms. The van der Waals surface area contributed by atoms with Crippen LogP contribution in [0.2, 0.25) is 0 Å². The molecule has 0 saturated carbocycles. The Labute approximate surface area is 94.1 Å². The predicted molar refractivity (Wildman–Crippen MR) is 60.1 cm³/mol. The molecule has 1 radical (unpaired) electrons. The van der Waals surface area contributed by atoms with Crippen molar-refractivity contribution in [1.82, 2.24) is 0 Å². The van der Waals surface area contributed by atoms with Crippen molar-refractivity contribution in [2.24, 2.45) is 5.73 Å². The van der Waals surface area contributed by atoms with Crippen molar-refractivity contribution < 1.29 is 9.36 Å². The summed E-state index contributed by atoms with van der Waals surface area (Å²) in [5.74, 6) is -0.358. The van der Waals surface area contributed by atoms with Crippen LogP contribution in [0.15, 0.2) is 48.8 Å². The highest BCUT2D eigenvalue weighted by atomic mass is 16.1. The standard InChI is InChI=1S/C13H11N2O/c14-13(16)10-15-8-4-7-12(9-15)11-5-2-1-3-6-11/h1-3,5-9H,10H2,(H-,14,16)/p+1.